The van der Waals surface area contributed by atoms with Gasteiger partial charge in [0.2, 0.25) is 0 Å². The summed E-state index contributed by atoms with van der Waals surface area (Å²) in [4.78, 5) is 15.6. The quantitative estimate of drug-likeness (QED) is 0.145. The topological polar surface area (TPSA) is 53.3 Å². The Bertz CT molecular complexity index is 1430. The molecule has 1 fully saturated rings. The molecule has 1 aromatic heterocycles. The minimum atomic E-state index is 0. The van der Waals surface area contributed by atoms with Gasteiger partial charge in [-0.3, -0.25) is 9.78 Å². The van der Waals surface area contributed by atoms with Crippen molar-refractivity contribution < 1.29 is 29.6 Å². The molecule has 1 aliphatic carbocycles. The number of hydrogen-bond acceptors (Lipinski definition) is 3. The average Bonchev–Trinajstić information content (AvgIpc) is 2.84. The van der Waals surface area contributed by atoms with E-state index in [0.717, 1.165) is 50.1 Å². The van der Waals surface area contributed by atoms with Crippen LogP contribution in [0.1, 0.15) is 51.5 Å². The van der Waals surface area contributed by atoms with Crippen molar-refractivity contribution in [3.05, 3.63) is 83.3 Å². The van der Waals surface area contributed by atoms with E-state index in [1.165, 1.54) is 37.7 Å². The van der Waals surface area contributed by atoms with Crippen molar-refractivity contribution in [1.29, 1.82) is 0 Å². The molecule has 6 rings (SSSR count). The maximum Gasteiger partial charge on any atom is 0.151 e. The van der Waals surface area contributed by atoms with Crippen LogP contribution in [0.3, 0.4) is 0 Å². The van der Waals surface area contributed by atoms with E-state index in [9.17, 15) is 4.79 Å². The number of ketones is 1. The van der Waals surface area contributed by atoms with Crippen molar-refractivity contribution in [2.24, 2.45) is 0 Å². The fraction of sp³-hybridized carbons (Fsp3) is 0.290. The summed E-state index contributed by atoms with van der Waals surface area (Å²) in [6, 6.07) is 22.2. The van der Waals surface area contributed by atoms with Crippen molar-refractivity contribution >= 4 is 27.5 Å². The number of hydrogen-bond donors (Lipinski definition) is 0. The van der Waals surface area contributed by atoms with Crippen LogP contribution in [0, 0.1) is 13.0 Å². The molecular formula is C31H30IrN2O2-2. The number of ether oxygens (including phenoxy) is 1. The van der Waals surface area contributed by atoms with Gasteiger partial charge in [0.25, 0.3) is 0 Å². The number of aromatic nitrogens is 1. The van der Waals surface area contributed by atoms with Gasteiger partial charge in [-0.25, -0.2) is 0 Å². The van der Waals surface area contributed by atoms with Crippen LogP contribution in [-0.2, 0) is 24.9 Å². The molecule has 3 aromatic carbocycles. The second-order valence-corrected chi connectivity index (χ2v) is 9.47. The molecule has 5 heteroatoms. The molecule has 0 amide bonds. The zero-order valence-corrected chi connectivity index (χ0v) is 23.3. The summed E-state index contributed by atoms with van der Waals surface area (Å²) in [5, 5.41) is 7.90. The Labute approximate surface area is 226 Å². The molecule has 187 valence electrons. The molecule has 1 aliphatic heterocycles. The van der Waals surface area contributed by atoms with E-state index in [1.807, 2.05) is 37.3 Å². The Balaban J connectivity index is 0.000000189. The second kappa shape index (κ2) is 11.4. The molecule has 0 unspecified atom stereocenters. The number of aryl methyl sites for hydroxylation is 1. The summed E-state index contributed by atoms with van der Waals surface area (Å²) < 4.78 is 6.13. The van der Waals surface area contributed by atoms with Gasteiger partial charge in [0, 0.05) is 31.2 Å². The number of benzene rings is 3. The number of carbonyl (C=O) groups excluding carboxylic acids is 1. The summed E-state index contributed by atoms with van der Waals surface area (Å²) in [7, 11) is 0. The maximum absolute atomic E-state index is 10.8. The van der Waals surface area contributed by atoms with Crippen LogP contribution in [-0.4, -0.2) is 16.8 Å². The SMILES string of the molecule is CC(=O)/C=C(/C)[N-]C1CCCCC1.Cc1cccc2nc3c(cc12)Oc1cccc2cc[c-]c-3c12.[Ir]. The van der Waals surface area contributed by atoms with Gasteiger partial charge >= 0.3 is 0 Å². The molecule has 0 spiro atoms. The third-order valence-electron chi connectivity index (χ3n) is 6.67. The molecule has 1 saturated carbocycles. The number of allylic oxidation sites excluding steroid dienone is 2. The fourth-order valence-corrected chi connectivity index (χ4v) is 5.04. The van der Waals surface area contributed by atoms with E-state index < -0.39 is 0 Å². The summed E-state index contributed by atoms with van der Waals surface area (Å²) in [5.41, 5.74) is 4.99. The van der Waals surface area contributed by atoms with E-state index in [0.29, 0.717) is 6.04 Å². The van der Waals surface area contributed by atoms with Gasteiger partial charge in [-0.05, 0) is 43.7 Å². The van der Waals surface area contributed by atoms with E-state index in [4.69, 9.17) is 9.72 Å². The van der Waals surface area contributed by atoms with Gasteiger partial charge in [-0.1, -0.05) is 74.1 Å². The van der Waals surface area contributed by atoms with Crippen LogP contribution in [0.2, 0.25) is 0 Å². The van der Waals surface area contributed by atoms with Crippen LogP contribution >= 0.6 is 0 Å². The van der Waals surface area contributed by atoms with E-state index in [2.05, 4.69) is 42.6 Å². The van der Waals surface area contributed by atoms with Gasteiger partial charge in [0.05, 0.1) is 11.3 Å². The minimum absolute atomic E-state index is 0. The van der Waals surface area contributed by atoms with Crippen molar-refractivity contribution in [3.63, 3.8) is 0 Å². The molecule has 4 nitrogen and oxygen atoms in total. The molecule has 36 heavy (non-hydrogen) atoms. The van der Waals surface area contributed by atoms with Crippen LogP contribution in [0.5, 0.6) is 11.5 Å². The van der Waals surface area contributed by atoms with E-state index in [1.54, 1.807) is 13.0 Å². The molecule has 0 bridgehead atoms. The van der Waals surface area contributed by atoms with Gasteiger partial charge in [0.1, 0.15) is 5.75 Å². The number of fused-ring (bicyclic) bond motifs is 3. The normalized spacial score (nSPS) is 14.7. The summed E-state index contributed by atoms with van der Waals surface area (Å²) >= 11 is 0. The number of pyridine rings is 1. The Kier molecular flexibility index (Phi) is 8.23. The Morgan fingerprint density at radius 1 is 1.06 bits per heavy atom. The molecule has 1 radical (unpaired) electrons. The van der Waals surface area contributed by atoms with Gasteiger partial charge in [-0.15, -0.1) is 29.8 Å². The Morgan fingerprint density at radius 2 is 1.83 bits per heavy atom. The first-order valence-electron chi connectivity index (χ1n) is 12.4. The van der Waals surface area contributed by atoms with Crippen LogP contribution in [0.15, 0.2) is 66.4 Å². The summed E-state index contributed by atoms with van der Waals surface area (Å²) in [6.45, 7) is 5.58. The third kappa shape index (κ3) is 5.53. The molecule has 2 aliphatic rings. The number of nitrogens with zero attached hydrogens (tertiary/aromatic N) is 2. The molecule has 4 aromatic rings. The third-order valence-corrected chi connectivity index (χ3v) is 6.67. The standard InChI is InChI=1S/C20H12NO.C11H19NO.Ir/c1-12-5-2-9-16-15(12)11-18-20(21-16)14-8-3-6-13-7-4-10-17(22-18)19(13)14;1-9(8-10(2)13)12-11-6-4-3-5-7-11;/h2-7,9-11H,1H3;8,11H,3-7H2,1-2H3,(H,12,13);/q-1;;/p-1. The maximum atomic E-state index is 10.8. The van der Waals surface area contributed by atoms with Crippen molar-refractivity contribution in [2.45, 2.75) is 58.9 Å². The molecule has 0 N–H and O–H groups in total. The second-order valence-electron chi connectivity index (χ2n) is 9.47. The van der Waals surface area contributed by atoms with Gasteiger partial charge < -0.3 is 10.1 Å². The monoisotopic (exact) mass is 655 g/mol. The first-order chi connectivity index (χ1) is 17.0. The van der Waals surface area contributed by atoms with Crippen LogP contribution in [0.25, 0.3) is 38.2 Å². The number of carbonyl (C=O) groups is 1. The molecule has 0 saturated heterocycles. The van der Waals surface area contributed by atoms with Gasteiger partial charge in [-0.2, -0.15) is 5.70 Å². The Morgan fingerprint density at radius 3 is 2.61 bits per heavy atom. The van der Waals surface area contributed by atoms with E-state index >= 15 is 0 Å². The van der Waals surface area contributed by atoms with Crippen LogP contribution in [0.4, 0.5) is 0 Å². The van der Waals surface area contributed by atoms with Crippen molar-refractivity contribution in [2.75, 3.05) is 0 Å². The largest absolute Gasteiger partial charge is 0.685 e. The zero-order valence-electron chi connectivity index (χ0n) is 20.9. The van der Waals surface area contributed by atoms with E-state index in [-0.39, 0.29) is 25.9 Å². The van der Waals surface area contributed by atoms with Crippen molar-refractivity contribution in [3.8, 4) is 22.8 Å². The minimum Gasteiger partial charge on any atom is -0.685 e. The average molecular weight is 655 g/mol. The molecular weight excluding hydrogens is 625 g/mol. The van der Waals surface area contributed by atoms with Crippen LogP contribution < -0.4 is 4.74 Å². The number of rotatable bonds is 3. The van der Waals surface area contributed by atoms with Crippen molar-refractivity contribution in [1.82, 2.24) is 4.98 Å². The first kappa shape index (κ1) is 26.1. The summed E-state index contributed by atoms with van der Waals surface area (Å²) in [6.07, 6.45) is 7.95. The smallest absolute Gasteiger partial charge is 0.151 e. The van der Waals surface area contributed by atoms with Gasteiger partial charge in [0.15, 0.2) is 5.78 Å². The molecule has 2 heterocycles. The predicted molar refractivity (Wildman–Crippen MR) is 143 cm³/mol. The Hall–Kier alpha value is -3.01. The fourth-order valence-electron chi connectivity index (χ4n) is 5.04. The summed E-state index contributed by atoms with van der Waals surface area (Å²) in [5.74, 6) is 1.79. The molecule has 0 atom stereocenters. The zero-order chi connectivity index (χ0) is 24.4. The predicted octanol–water partition coefficient (Wildman–Crippen LogP) is 8.45. The first-order valence-corrected chi connectivity index (χ1v) is 12.4.